The summed E-state index contributed by atoms with van der Waals surface area (Å²) in [5, 5.41) is 0. The molecule has 0 aliphatic rings. The van der Waals surface area contributed by atoms with Crippen molar-refractivity contribution in [1.29, 1.82) is 0 Å². The summed E-state index contributed by atoms with van der Waals surface area (Å²) in [5.41, 5.74) is 32.0. The summed E-state index contributed by atoms with van der Waals surface area (Å²) in [6.07, 6.45) is 1.74. The van der Waals surface area contributed by atoms with Crippen LogP contribution in [0.25, 0.3) is 0 Å². The maximum atomic E-state index is 11.6. The number of guanidine groups is 2. The van der Waals surface area contributed by atoms with E-state index in [1.54, 1.807) is 0 Å². The van der Waals surface area contributed by atoms with Crippen molar-refractivity contribution in [3.63, 3.8) is 0 Å². The van der Waals surface area contributed by atoms with E-state index >= 15 is 0 Å². The van der Waals surface area contributed by atoms with Crippen LogP contribution < -0.4 is 34.4 Å². The van der Waals surface area contributed by atoms with Crippen LogP contribution >= 0.6 is 0 Å². The zero-order chi connectivity index (χ0) is 19.2. The van der Waals surface area contributed by atoms with E-state index in [9.17, 15) is 9.59 Å². The van der Waals surface area contributed by atoms with Crippen molar-refractivity contribution in [1.82, 2.24) is 0 Å². The van der Waals surface area contributed by atoms with E-state index in [0.717, 1.165) is 0 Å². The molecule has 13 heteroatoms. The van der Waals surface area contributed by atoms with Gasteiger partial charge in [0.1, 0.15) is 0 Å². The summed E-state index contributed by atoms with van der Waals surface area (Å²) in [4.78, 5) is 30.8. The van der Waals surface area contributed by atoms with Gasteiger partial charge in [0, 0.05) is 0 Å². The molecule has 0 amide bonds. The summed E-state index contributed by atoms with van der Waals surface area (Å²) in [5.74, 6) is -1.33. The van der Waals surface area contributed by atoms with Crippen molar-refractivity contribution >= 4 is 40.0 Å². The van der Waals surface area contributed by atoms with Crippen molar-refractivity contribution in [2.45, 2.75) is 37.8 Å². The molecular weight excluding hydrogens is 393 g/mol. The van der Waals surface area contributed by atoms with Crippen molar-refractivity contribution in [3.05, 3.63) is 0 Å². The van der Waals surface area contributed by atoms with Gasteiger partial charge < -0.3 is 0 Å². The Labute approximate surface area is 152 Å². The molecule has 2 radical (unpaired) electrons. The van der Waals surface area contributed by atoms with Gasteiger partial charge in [-0.2, -0.15) is 0 Å². The molecule has 0 aliphatic carbocycles. The first kappa shape index (κ1) is 22.9. The van der Waals surface area contributed by atoms with E-state index in [2.05, 4.69) is 9.98 Å². The van der Waals surface area contributed by atoms with Gasteiger partial charge in [0.2, 0.25) is 0 Å². The number of aliphatic imine (C=N–C) groups is 2. The van der Waals surface area contributed by atoms with Gasteiger partial charge in [0.15, 0.2) is 0 Å². The Bertz CT molecular complexity index is 438. The number of hydrogen-bond acceptors (Lipinski definition) is 8. The molecule has 2 atom stereocenters. The Balaban J connectivity index is 3.88. The number of nitrogens with zero attached hydrogens (tertiary/aromatic N) is 2. The third kappa shape index (κ3) is 13.0. The molecule has 0 aromatic carbocycles. The summed E-state index contributed by atoms with van der Waals surface area (Å²) < 4.78 is 9.76. The standard InChI is InChI=1S/C12H26GeN8O4/c14-7(3-1-5-20-11(16)17)9(22)24-13-25-10(23)8(15)4-2-6-21-12(18)19/h7-8H,1-6,14-15H2,(H4,16,17,20)(H4,18,19,21)/t7-,8-/m0/s1. The molecule has 0 unspecified atom stereocenters. The van der Waals surface area contributed by atoms with Crippen LogP contribution in [0.2, 0.25) is 0 Å². The zero-order valence-corrected chi connectivity index (χ0v) is 16.0. The Morgan fingerprint density at radius 1 is 0.800 bits per heavy atom. The van der Waals surface area contributed by atoms with Gasteiger partial charge in [-0.05, 0) is 0 Å². The van der Waals surface area contributed by atoms with Crippen LogP contribution in [0.4, 0.5) is 0 Å². The molecule has 0 fully saturated rings. The molecule has 0 aromatic rings. The molecule has 0 aromatic heterocycles. The van der Waals surface area contributed by atoms with Crippen molar-refractivity contribution < 1.29 is 17.1 Å². The van der Waals surface area contributed by atoms with Crippen LogP contribution in [0, 0.1) is 0 Å². The fourth-order valence-electron chi connectivity index (χ4n) is 1.53. The minimum absolute atomic E-state index is 0.0237. The predicted octanol–water partition coefficient (Wildman–Crippen LogP) is -3.63. The monoisotopic (exact) mass is 420 g/mol. The fraction of sp³-hybridized carbons (Fsp3) is 0.667. The normalized spacial score (nSPS) is 12.6. The van der Waals surface area contributed by atoms with Crippen LogP contribution in [0.1, 0.15) is 25.7 Å². The maximum absolute atomic E-state index is 11.6. The molecule has 0 heterocycles. The number of carbonyl (C=O) groups excluding carboxylic acids is 2. The minimum atomic E-state index is -1.72. The van der Waals surface area contributed by atoms with Crippen LogP contribution in [0.3, 0.4) is 0 Å². The van der Waals surface area contributed by atoms with E-state index in [-0.39, 0.29) is 11.9 Å². The van der Waals surface area contributed by atoms with Gasteiger partial charge in [0.05, 0.1) is 0 Å². The first-order chi connectivity index (χ1) is 11.7. The molecule has 12 N–H and O–H groups in total. The molecule has 25 heavy (non-hydrogen) atoms. The van der Waals surface area contributed by atoms with Gasteiger partial charge in [0.25, 0.3) is 0 Å². The second kappa shape index (κ2) is 13.3. The topological polar surface area (TPSA) is 233 Å². The van der Waals surface area contributed by atoms with Crippen LogP contribution in [-0.2, 0) is 17.1 Å². The van der Waals surface area contributed by atoms with E-state index in [1.807, 2.05) is 0 Å². The summed E-state index contributed by atoms with van der Waals surface area (Å²) in [6.45, 7) is 0.729. The number of nitrogens with two attached hydrogens (primary N) is 6. The predicted molar refractivity (Wildman–Crippen MR) is 93.7 cm³/mol. The second-order valence-corrected chi connectivity index (χ2v) is 6.24. The summed E-state index contributed by atoms with van der Waals surface area (Å²) in [7, 11) is 0. The molecule has 0 bridgehead atoms. The summed E-state index contributed by atoms with van der Waals surface area (Å²) >= 11 is -1.72. The first-order valence-corrected chi connectivity index (χ1v) is 9.23. The van der Waals surface area contributed by atoms with E-state index in [0.29, 0.717) is 38.8 Å². The Hall–Kier alpha value is -2.06. The van der Waals surface area contributed by atoms with Crippen LogP contribution in [-0.4, -0.2) is 65.1 Å². The quantitative estimate of drug-likeness (QED) is 0.0786. The molecule has 142 valence electrons. The van der Waals surface area contributed by atoms with Crippen molar-refractivity contribution in [2.24, 2.45) is 44.4 Å². The first-order valence-electron chi connectivity index (χ1n) is 7.52. The van der Waals surface area contributed by atoms with Crippen molar-refractivity contribution in [3.8, 4) is 0 Å². The Morgan fingerprint density at radius 2 is 1.16 bits per heavy atom. The summed E-state index contributed by atoms with van der Waals surface area (Å²) in [6, 6.07) is -1.66. The van der Waals surface area contributed by atoms with E-state index < -0.39 is 40.1 Å². The second-order valence-electron chi connectivity index (χ2n) is 5.04. The number of rotatable bonds is 12. The fourth-order valence-corrected chi connectivity index (χ4v) is 2.60. The molecule has 12 nitrogen and oxygen atoms in total. The SMILES string of the molecule is NC(N)=NCCC[C@H](N)C(=O)[O][Ge][O]C(=O)[C@@H](N)CCCN=C(N)N. The Kier molecular flexibility index (Phi) is 12.2. The molecule has 0 spiro atoms. The van der Waals surface area contributed by atoms with Gasteiger partial charge >= 0.3 is 152 Å². The molecule has 0 rings (SSSR count). The van der Waals surface area contributed by atoms with Gasteiger partial charge in [-0.15, -0.1) is 0 Å². The van der Waals surface area contributed by atoms with E-state index in [1.165, 1.54) is 0 Å². The number of carbonyl (C=O) groups is 2. The van der Waals surface area contributed by atoms with Crippen molar-refractivity contribution in [2.75, 3.05) is 13.1 Å². The average molecular weight is 419 g/mol. The molecular formula is C12H26GeN8O4. The Morgan fingerprint density at radius 3 is 1.48 bits per heavy atom. The van der Waals surface area contributed by atoms with Crippen LogP contribution in [0.15, 0.2) is 9.98 Å². The third-order valence-electron chi connectivity index (χ3n) is 2.83. The molecule has 0 saturated carbocycles. The number of hydrogen-bond donors (Lipinski definition) is 6. The van der Waals surface area contributed by atoms with Gasteiger partial charge in [-0.1, -0.05) is 0 Å². The van der Waals surface area contributed by atoms with E-state index in [4.69, 9.17) is 41.9 Å². The molecule has 0 saturated heterocycles. The van der Waals surface area contributed by atoms with Gasteiger partial charge in [-0.25, -0.2) is 0 Å². The van der Waals surface area contributed by atoms with Gasteiger partial charge in [-0.3, -0.25) is 0 Å². The third-order valence-corrected chi connectivity index (χ3v) is 4.02. The van der Waals surface area contributed by atoms with Crippen LogP contribution in [0.5, 0.6) is 0 Å². The average Bonchev–Trinajstić information content (AvgIpc) is 2.54. The zero-order valence-electron chi connectivity index (χ0n) is 13.9. The molecule has 0 aliphatic heterocycles.